The van der Waals surface area contributed by atoms with E-state index >= 15 is 0 Å². The number of likely N-dealkylation sites (N-methyl/N-ethyl adjacent to an activating group) is 1. The summed E-state index contributed by atoms with van der Waals surface area (Å²) in [6.45, 7) is 0.0989. The quantitative estimate of drug-likeness (QED) is 0.747. The molecule has 6 nitrogen and oxygen atoms in total. The molecule has 0 aliphatic rings. The van der Waals surface area contributed by atoms with Gasteiger partial charge in [-0.2, -0.15) is 5.10 Å². The van der Waals surface area contributed by atoms with E-state index in [-0.39, 0.29) is 18.4 Å². The summed E-state index contributed by atoms with van der Waals surface area (Å²) in [5.74, 6) is -0.451. The number of anilines is 1. The molecule has 0 saturated carbocycles. The molecule has 0 aliphatic heterocycles. The van der Waals surface area contributed by atoms with Crippen molar-refractivity contribution in [3.05, 3.63) is 44.7 Å². The second-order valence-electron chi connectivity index (χ2n) is 4.18. The van der Waals surface area contributed by atoms with Gasteiger partial charge in [-0.3, -0.25) is 14.3 Å². The number of benzene rings is 1. The van der Waals surface area contributed by atoms with Crippen LogP contribution in [0.1, 0.15) is 10.4 Å². The number of hydrogen-bond acceptors (Lipinski definition) is 3. The van der Waals surface area contributed by atoms with Crippen LogP contribution in [0.2, 0.25) is 5.02 Å². The van der Waals surface area contributed by atoms with Crippen molar-refractivity contribution in [2.24, 2.45) is 0 Å². The number of aromatic nitrogens is 2. The van der Waals surface area contributed by atoms with Crippen molar-refractivity contribution in [1.82, 2.24) is 15.1 Å². The number of nitrogens with zero attached hydrogens (tertiary/aromatic N) is 2. The molecule has 0 fully saturated rings. The van der Waals surface area contributed by atoms with E-state index in [2.05, 4.69) is 38.3 Å². The molecule has 0 atom stereocenters. The van der Waals surface area contributed by atoms with Crippen molar-refractivity contribution < 1.29 is 9.59 Å². The van der Waals surface area contributed by atoms with Crippen LogP contribution in [0.25, 0.3) is 0 Å². The van der Waals surface area contributed by atoms with Gasteiger partial charge in [0.25, 0.3) is 5.91 Å². The fraction of sp³-hybridized carbons (Fsp3) is 0.154. The van der Waals surface area contributed by atoms with Crippen LogP contribution in [0, 0.1) is 3.57 Å². The smallest absolute Gasteiger partial charge is 0.255 e. The van der Waals surface area contributed by atoms with Crippen molar-refractivity contribution in [3.8, 4) is 0 Å². The zero-order chi connectivity index (χ0) is 15.4. The lowest BCUT2D eigenvalue weighted by molar-refractivity contribution is -0.121. The van der Waals surface area contributed by atoms with Gasteiger partial charge in [-0.25, -0.2) is 0 Å². The predicted molar refractivity (Wildman–Crippen MR) is 88.4 cm³/mol. The Morgan fingerprint density at radius 3 is 2.86 bits per heavy atom. The molecular weight excluding hydrogens is 407 g/mol. The van der Waals surface area contributed by atoms with Crippen molar-refractivity contribution >= 4 is 51.7 Å². The van der Waals surface area contributed by atoms with Crippen LogP contribution in [-0.4, -0.2) is 28.6 Å². The molecule has 21 heavy (non-hydrogen) atoms. The first kappa shape index (κ1) is 15.8. The Hall–Kier alpha value is -1.61. The van der Waals surface area contributed by atoms with Crippen LogP contribution in [0.3, 0.4) is 0 Å². The fourth-order valence-electron chi connectivity index (χ4n) is 1.58. The summed E-state index contributed by atoms with van der Waals surface area (Å²) in [4.78, 5) is 23.3. The molecule has 0 unspecified atom stereocenters. The number of nitrogens with one attached hydrogen (secondary N) is 2. The fourth-order valence-corrected chi connectivity index (χ4v) is 2.10. The van der Waals surface area contributed by atoms with Crippen LogP contribution in [-0.2, 0) is 11.3 Å². The van der Waals surface area contributed by atoms with Gasteiger partial charge in [0.05, 0.1) is 16.9 Å². The molecule has 0 aliphatic carbocycles. The number of hydrogen-bond donors (Lipinski definition) is 2. The maximum absolute atomic E-state index is 12.1. The van der Waals surface area contributed by atoms with Crippen LogP contribution in [0.4, 0.5) is 5.69 Å². The monoisotopic (exact) mass is 418 g/mol. The summed E-state index contributed by atoms with van der Waals surface area (Å²) < 4.78 is 2.32. The van der Waals surface area contributed by atoms with Crippen LogP contribution in [0.15, 0.2) is 30.6 Å². The minimum Gasteiger partial charge on any atom is -0.358 e. The molecule has 110 valence electrons. The highest BCUT2D eigenvalue weighted by Crippen LogP contribution is 2.20. The maximum Gasteiger partial charge on any atom is 0.255 e. The summed E-state index contributed by atoms with van der Waals surface area (Å²) in [6.07, 6.45) is 3.07. The molecule has 0 bridgehead atoms. The summed E-state index contributed by atoms with van der Waals surface area (Å²) in [5.41, 5.74) is 0.970. The Labute approximate surface area is 140 Å². The number of halogens is 2. The molecule has 2 amide bonds. The zero-order valence-electron chi connectivity index (χ0n) is 11.1. The van der Waals surface area contributed by atoms with Gasteiger partial charge >= 0.3 is 0 Å². The van der Waals surface area contributed by atoms with Crippen LogP contribution >= 0.6 is 34.2 Å². The Morgan fingerprint density at radius 2 is 2.19 bits per heavy atom. The highest BCUT2D eigenvalue weighted by molar-refractivity contribution is 14.1. The first-order valence-corrected chi connectivity index (χ1v) is 7.44. The Bertz CT molecular complexity index is 687. The van der Waals surface area contributed by atoms with Crippen LogP contribution in [0.5, 0.6) is 0 Å². The third-order valence-electron chi connectivity index (χ3n) is 2.66. The molecule has 2 rings (SSSR count). The summed E-state index contributed by atoms with van der Waals surface area (Å²) >= 11 is 8.08. The molecule has 0 radical (unpaired) electrons. The lowest BCUT2D eigenvalue weighted by Crippen LogP contribution is -2.23. The average Bonchev–Trinajstić information content (AvgIpc) is 2.88. The van der Waals surface area contributed by atoms with Gasteiger partial charge in [0.15, 0.2) is 0 Å². The normalized spacial score (nSPS) is 10.2. The molecule has 0 saturated heterocycles. The second-order valence-corrected chi connectivity index (χ2v) is 5.75. The lowest BCUT2D eigenvalue weighted by Gasteiger charge is -2.04. The van der Waals surface area contributed by atoms with Gasteiger partial charge in [0.2, 0.25) is 5.91 Å². The van der Waals surface area contributed by atoms with Gasteiger partial charge in [-0.1, -0.05) is 11.6 Å². The van der Waals surface area contributed by atoms with Gasteiger partial charge in [0.1, 0.15) is 6.54 Å². The van der Waals surface area contributed by atoms with E-state index in [0.717, 1.165) is 3.57 Å². The van der Waals surface area contributed by atoms with Gasteiger partial charge < -0.3 is 10.6 Å². The number of rotatable bonds is 4. The Balaban J connectivity index is 2.05. The first-order chi connectivity index (χ1) is 9.99. The molecule has 2 aromatic rings. The largest absolute Gasteiger partial charge is 0.358 e. The van der Waals surface area contributed by atoms with E-state index < -0.39 is 0 Å². The Morgan fingerprint density at radius 1 is 1.43 bits per heavy atom. The molecule has 8 heteroatoms. The summed E-state index contributed by atoms with van der Waals surface area (Å²) in [7, 11) is 1.55. The zero-order valence-corrected chi connectivity index (χ0v) is 14.0. The van der Waals surface area contributed by atoms with Crippen molar-refractivity contribution in [2.75, 3.05) is 12.4 Å². The molecule has 0 spiro atoms. The SMILES string of the molecule is CNC(=O)Cn1cc(NC(=O)c2ccc(I)c(Cl)c2)cn1. The van der Waals surface area contributed by atoms with Crippen LogP contribution < -0.4 is 10.6 Å². The average molecular weight is 419 g/mol. The number of carbonyl (C=O) groups excluding carboxylic acids is 2. The highest BCUT2D eigenvalue weighted by Gasteiger charge is 2.10. The van der Waals surface area contributed by atoms with Gasteiger partial charge in [0, 0.05) is 22.4 Å². The predicted octanol–water partition coefficient (Wildman–Crippen LogP) is 2.14. The first-order valence-electron chi connectivity index (χ1n) is 5.99. The third-order valence-corrected chi connectivity index (χ3v) is 4.23. The van der Waals surface area contributed by atoms with Crippen molar-refractivity contribution in [2.45, 2.75) is 6.54 Å². The highest BCUT2D eigenvalue weighted by atomic mass is 127. The van der Waals surface area contributed by atoms with Gasteiger partial charge in [-0.15, -0.1) is 0 Å². The molecule has 1 aromatic heterocycles. The number of amides is 2. The molecule has 2 N–H and O–H groups in total. The summed E-state index contributed by atoms with van der Waals surface area (Å²) in [5, 5.41) is 9.72. The maximum atomic E-state index is 12.1. The van der Waals surface area contributed by atoms with E-state index in [9.17, 15) is 9.59 Å². The summed E-state index contributed by atoms with van der Waals surface area (Å²) in [6, 6.07) is 5.07. The molecule has 1 aromatic carbocycles. The lowest BCUT2D eigenvalue weighted by atomic mass is 10.2. The minimum absolute atomic E-state index is 0.0989. The molecular formula is C13H12ClIN4O2. The number of carbonyl (C=O) groups is 2. The Kier molecular flexibility index (Phi) is 5.18. The van der Waals surface area contributed by atoms with E-state index in [1.54, 1.807) is 31.4 Å². The van der Waals surface area contributed by atoms with Gasteiger partial charge in [-0.05, 0) is 40.8 Å². The van der Waals surface area contributed by atoms with Crippen molar-refractivity contribution in [3.63, 3.8) is 0 Å². The van der Waals surface area contributed by atoms with E-state index in [1.807, 2.05) is 0 Å². The molecule has 1 heterocycles. The topological polar surface area (TPSA) is 76.0 Å². The minimum atomic E-state index is -0.284. The van der Waals surface area contributed by atoms with E-state index in [1.165, 1.54) is 10.9 Å². The van der Waals surface area contributed by atoms with E-state index in [4.69, 9.17) is 11.6 Å². The third kappa shape index (κ3) is 4.18. The second kappa shape index (κ2) is 6.90. The van der Waals surface area contributed by atoms with Crippen molar-refractivity contribution in [1.29, 1.82) is 0 Å². The van der Waals surface area contributed by atoms with E-state index in [0.29, 0.717) is 16.3 Å². The standard InChI is InChI=1S/C13H12ClIN4O2/c1-16-12(20)7-19-6-9(5-17-19)18-13(21)8-2-3-11(15)10(14)4-8/h2-6H,7H2,1H3,(H,16,20)(H,18,21).